The van der Waals surface area contributed by atoms with Crippen LogP contribution in [-0.2, 0) is 5.41 Å². The molecule has 1 unspecified atom stereocenters. The summed E-state index contributed by atoms with van der Waals surface area (Å²) in [7, 11) is 1.80. The summed E-state index contributed by atoms with van der Waals surface area (Å²) in [5, 5.41) is 3.12. The molecule has 1 atom stereocenters. The molecule has 2 aliphatic rings. The highest BCUT2D eigenvalue weighted by molar-refractivity contribution is 5.74. The minimum absolute atomic E-state index is 0.0698. The molecule has 2 aromatic carbocycles. The van der Waals surface area contributed by atoms with Crippen molar-refractivity contribution in [1.29, 1.82) is 0 Å². The lowest BCUT2D eigenvalue weighted by Gasteiger charge is -2.43. The minimum atomic E-state index is -0.164. The molecule has 142 valence electrons. The average molecular weight is 366 g/mol. The van der Waals surface area contributed by atoms with Crippen molar-refractivity contribution in [1.82, 2.24) is 10.2 Å². The number of fused-ring (bicyclic) bond motifs is 1. The average Bonchev–Trinajstić information content (AvgIpc) is 2.67. The molecule has 0 spiro atoms. The molecule has 1 aliphatic carbocycles. The van der Waals surface area contributed by atoms with E-state index in [9.17, 15) is 4.79 Å². The molecular formula is C22H26N2O3. The number of carbonyl (C=O) groups is 1. The van der Waals surface area contributed by atoms with Crippen LogP contribution in [0.15, 0.2) is 54.6 Å². The SMILES string of the molecule is CN(CC1COc2ccccc2O1)C(=O)NCC1(c2ccccc2)CCC1. The van der Waals surface area contributed by atoms with E-state index >= 15 is 0 Å². The molecule has 1 aliphatic heterocycles. The molecule has 0 bridgehead atoms. The van der Waals surface area contributed by atoms with Gasteiger partial charge in [0, 0.05) is 19.0 Å². The van der Waals surface area contributed by atoms with Gasteiger partial charge in [-0.1, -0.05) is 48.9 Å². The monoisotopic (exact) mass is 366 g/mol. The summed E-state index contributed by atoms with van der Waals surface area (Å²) >= 11 is 0. The zero-order valence-electron chi connectivity index (χ0n) is 15.7. The molecule has 1 fully saturated rings. The van der Waals surface area contributed by atoms with Crippen molar-refractivity contribution in [2.24, 2.45) is 0 Å². The largest absolute Gasteiger partial charge is 0.486 e. The van der Waals surface area contributed by atoms with E-state index in [-0.39, 0.29) is 17.6 Å². The predicted octanol–water partition coefficient (Wildman–Crippen LogP) is 3.59. The molecule has 0 aromatic heterocycles. The number of urea groups is 1. The van der Waals surface area contributed by atoms with Crippen molar-refractivity contribution in [3.8, 4) is 11.5 Å². The van der Waals surface area contributed by atoms with Crippen LogP contribution in [0, 0.1) is 0 Å². The van der Waals surface area contributed by atoms with Gasteiger partial charge in [-0.05, 0) is 30.5 Å². The lowest BCUT2D eigenvalue weighted by molar-refractivity contribution is 0.0711. The number of hydrogen-bond acceptors (Lipinski definition) is 3. The van der Waals surface area contributed by atoms with Gasteiger partial charge in [-0.15, -0.1) is 0 Å². The first-order valence-corrected chi connectivity index (χ1v) is 9.59. The first-order valence-electron chi connectivity index (χ1n) is 9.59. The fourth-order valence-corrected chi connectivity index (χ4v) is 3.88. The third kappa shape index (κ3) is 3.72. The highest BCUT2D eigenvalue weighted by Gasteiger charge is 2.39. The van der Waals surface area contributed by atoms with Gasteiger partial charge >= 0.3 is 6.03 Å². The van der Waals surface area contributed by atoms with Crippen molar-refractivity contribution >= 4 is 6.03 Å². The Morgan fingerprint density at radius 2 is 1.81 bits per heavy atom. The summed E-state index contributed by atoms with van der Waals surface area (Å²) < 4.78 is 11.7. The molecule has 1 saturated carbocycles. The third-order valence-electron chi connectivity index (χ3n) is 5.67. The highest BCUT2D eigenvalue weighted by atomic mass is 16.6. The summed E-state index contributed by atoms with van der Waals surface area (Å²) in [6.07, 6.45) is 3.30. The zero-order chi connectivity index (χ0) is 18.7. The van der Waals surface area contributed by atoms with E-state index in [1.54, 1.807) is 11.9 Å². The number of benzene rings is 2. The van der Waals surface area contributed by atoms with Crippen molar-refractivity contribution in [2.75, 3.05) is 26.7 Å². The summed E-state index contributed by atoms with van der Waals surface area (Å²) in [5.41, 5.74) is 1.40. The number of amides is 2. The molecule has 0 saturated heterocycles. The Hall–Kier alpha value is -2.69. The molecule has 5 nitrogen and oxygen atoms in total. The Kier molecular flexibility index (Phi) is 4.92. The van der Waals surface area contributed by atoms with Crippen LogP contribution in [0.3, 0.4) is 0 Å². The van der Waals surface area contributed by atoms with E-state index in [4.69, 9.17) is 9.47 Å². The first kappa shape index (κ1) is 17.7. The molecule has 0 radical (unpaired) electrons. The van der Waals surface area contributed by atoms with Gasteiger partial charge in [-0.3, -0.25) is 0 Å². The normalized spacial score (nSPS) is 19.7. The van der Waals surface area contributed by atoms with Gasteiger partial charge in [0.2, 0.25) is 0 Å². The van der Waals surface area contributed by atoms with E-state index in [0.717, 1.165) is 24.3 Å². The van der Waals surface area contributed by atoms with Crippen LogP contribution in [0.2, 0.25) is 0 Å². The molecule has 5 heteroatoms. The van der Waals surface area contributed by atoms with Crippen LogP contribution < -0.4 is 14.8 Å². The number of rotatable bonds is 5. The molecule has 1 heterocycles. The summed E-state index contributed by atoms with van der Waals surface area (Å²) in [5.74, 6) is 1.50. The number of ether oxygens (including phenoxy) is 2. The van der Waals surface area contributed by atoms with E-state index in [1.165, 1.54) is 12.0 Å². The number of carbonyl (C=O) groups excluding carboxylic acids is 1. The second-order valence-electron chi connectivity index (χ2n) is 7.54. The fourth-order valence-electron chi connectivity index (χ4n) is 3.88. The van der Waals surface area contributed by atoms with Crippen LogP contribution in [0.25, 0.3) is 0 Å². The Labute approximate surface area is 160 Å². The maximum Gasteiger partial charge on any atom is 0.317 e. The number of para-hydroxylation sites is 2. The smallest absolute Gasteiger partial charge is 0.317 e. The number of hydrogen-bond donors (Lipinski definition) is 1. The third-order valence-corrected chi connectivity index (χ3v) is 5.67. The molecular weight excluding hydrogens is 340 g/mol. The number of nitrogens with zero attached hydrogens (tertiary/aromatic N) is 1. The molecule has 2 amide bonds. The van der Waals surface area contributed by atoms with Crippen LogP contribution in [0.5, 0.6) is 11.5 Å². The quantitative estimate of drug-likeness (QED) is 0.880. The van der Waals surface area contributed by atoms with Gasteiger partial charge in [0.25, 0.3) is 0 Å². The van der Waals surface area contributed by atoms with E-state index in [2.05, 4.69) is 29.6 Å². The Morgan fingerprint density at radius 3 is 2.52 bits per heavy atom. The summed E-state index contributed by atoms with van der Waals surface area (Å²) in [4.78, 5) is 14.3. The van der Waals surface area contributed by atoms with Gasteiger partial charge < -0.3 is 19.7 Å². The lowest BCUT2D eigenvalue weighted by atomic mass is 9.64. The maximum atomic E-state index is 12.6. The molecule has 2 aromatic rings. The predicted molar refractivity (Wildman–Crippen MR) is 104 cm³/mol. The number of nitrogens with one attached hydrogen (secondary N) is 1. The Balaban J connectivity index is 1.31. The van der Waals surface area contributed by atoms with Crippen molar-refractivity contribution in [3.63, 3.8) is 0 Å². The van der Waals surface area contributed by atoms with Gasteiger partial charge in [0.15, 0.2) is 17.6 Å². The lowest BCUT2D eigenvalue weighted by Crippen LogP contribution is -2.50. The van der Waals surface area contributed by atoms with Crippen LogP contribution in [-0.4, -0.2) is 43.8 Å². The van der Waals surface area contributed by atoms with E-state index in [1.807, 2.05) is 30.3 Å². The van der Waals surface area contributed by atoms with E-state index in [0.29, 0.717) is 19.7 Å². The standard InChI is InChI=1S/C22H26N2O3/c1-24(14-18-15-26-19-10-5-6-11-20(19)27-18)21(25)23-16-22(12-7-13-22)17-8-3-2-4-9-17/h2-6,8-11,18H,7,12-16H2,1H3,(H,23,25). The summed E-state index contributed by atoms with van der Waals surface area (Å²) in [6.45, 7) is 1.60. The fraction of sp³-hybridized carbons (Fsp3) is 0.409. The maximum absolute atomic E-state index is 12.6. The van der Waals surface area contributed by atoms with Crippen LogP contribution in [0.4, 0.5) is 4.79 Å². The molecule has 1 N–H and O–H groups in total. The van der Waals surface area contributed by atoms with Gasteiger partial charge in [0.05, 0.1) is 6.54 Å². The van der Waals surface area contributed by atoms with Crippen molar-refractivity contribution < 1.29 is 14.3 Å². The van der Waals surface area contributed by atoms with Crippen molar-refractivity contribution in [2.45, 2.75) is 30.8 Å². The van der Waals surface area contributed by atoms with E-state index < -0.39 is 0 Å². The first-order chi connectivity index (χ1) is 13.2. The van der Waals surface area contributed by atoms with Crippen LogP contribution in [0.1, 0.15) is 24.8 Å². The van der Waals surface area contributed by atoms with Gasteiger partial charge in [-0.25, -0.2) is 4.79 Å². The topological polar surface area (TPSA) is 50.8 Å². The van der Waals surface area contributed by atoms with Crippen molar-refractivity contribution in [3.05, 3.63) is 60.2 Å². The molecule has 27 heavy (non-hydrogen) atoms. The molecule has 4 rings (SSSR count). The van der Waals surface area contributed by atoms with Crippen LogP contribution >= 0.6 is 0 Å². The minimum Gasteiger partial charge on any atom is -0.486 e. The Bertz CT molecular complexity index is 789. The highest BCUT2D eigenvalue weighted by Crippen LogP contribution is 2.43. The van der Waals surface area contributed by atoms with Gasteiger partial charge in [0.1, 0.15) is 6.61 Å². The van der Waals surface area contributed by atoms with Gasteiger partial charge in [-0.2, -0.15) is 0 Å². The second-order valence-corrected chi connectivity index (χ2v) is 7.54. The zero-order valence-corrected chi connectivity index (χ0v) is 15.7. The number of likely N-dealkylation sites (N-methyl/N-ethyl adjacent to an activating group) is 1. The summed E-state index contributed by atoms with van der Waals surface area (Å²) in [6, 6.07) is 18.1. The Morgan fingerprint density at radius 1 is 1.11 bits per heavy atom. The second kappa shape index (κ2) is 7.51.